The number of urea groups is 1. The van der Waals surface area contributed by atoms with Gasteiger partial charge in [-0.25, -0.2) is 18.4 Å². The zero-order chi connectivity index (χ0) is 22.2. The molecule has 0 aromatic rings. The van der Waals surface area contributed by atoms with E-state index < -0.39 is 44.1 Å². The minimum atomic E-state index is -4.11. The summed E-state index contributed by atoms with van der Waals surface area (Å²) >= 11 is 0. The van der Waals surface area contributed by atoms with Crippen molar-refractivity contribution in [2.24, 2.45) is 11.1 Å². The number of aliphatic hydroxyl groups is 1. The Kier molecular flexibility index (Phi) is 6.26. The molecule has 11 heteroatoms. The standard InChI is InChI=1S/C19H30N4O6S/c1-23-10-5-3-2-4-6-13-12-19(13,16(26)18(8-9-18)30(20,28)29)22-15(25)14(7-11-24)21-17(23)27/h4,6,13-14,24H,2-3,5,7-12H2,1H3,(H,21,27)(H,22,25)(H2,20,28,29). The average molecular weight is 443 g/mol. The molecule has 3 unspecified atom stereocenters. The number of hydrogen-bond donors (Lipinski definition) is 4. The first kappa shape index (κ1) is 22.7. The third-order valence-corrected chi connectivity index (χ3v) is 7.97. The molecule has 3 amide bonds. The molecule has 0 spiro atoms. The number of primary sulfonamides is 1. The van der Waals surface area contributed by atoms with Gasteiger partial charge in [-0.1, -0.05) is 12.2 Å². The first-order valence-electron chi connectivity index (χ1n) is 10.3. The van der Waals surface area contributed by atoms with Crippen molar-refractivity contribution in [2.75, 3.05) is 20.2 Å². The molecule has 0 radical (unpaired) electrons. The third-order valence-electron chi connectivity index (χ3n) is 6.29. The van der Waals surface area contributed by atoms with Crippen LogP contribution in [0.15, 0.2) is 12.2 Å². The Balaban J connectivity index is 1.90. The first-order valence-corrected chi connectivity index (χ1v) is 11.8. The predicted octanol–water partition coefficient (Wildman–Crippen LogP) is -0.616. The van der Waals surface area contributed by atoms with E-state index in [-0.39, 0.29) is 38.2 Å². The maximum absolute atomic E-state index is 13.3. The quantitative estimate of drug-likeness (QED) is 0.416. The summed E-state index contributed by atoms with van der Waals surface area (Å²) in [6.07, 6.45) is 6.68. The minimum Gasteiger partial charge on any atom is -0.396 e. The van der Waals surface area contributed by atoms with Crippen LogP contribution in [0, 0.1) is 5.92 Å². The molecule has 5 N–H and O–H groups in total. The van der Waals surface area contributed by atoms with Crippen molar-refractivity contribution in [1.29, 1.82) is 0 Å². The predicted molar refractivity (Wildman–Crippen MR) is 109 cm³/mol. The lowest BCUT2D eigenvalue weighted by molar-refractivity contribution is -0.130. The van der Waals surface area contributed by atoms with Crippen LogP contribution in [-0.4, -0.2) is 72.7 Å². The van der Waals surface area contributed by atoms with Crippen LogP contribution in [0.4, 0.5) is 4.79 Å². The summed E-state index contributed by atoms with van der Waals surface area (Å²) in [7, 11) is -2.49. The zero-order valence-electron chi connectivity index (χ0n) is 17.1. The van der Waals surface area contributed by atoms with Gasteiger partial charge in [-0.2, -0.15) is 0 Å². The lowest BCUT2D eigenvalue weighted by atomic mass is 10.0. The second-order valence-electron chi connectivity index (χ2n) is 8.50. The van der Waals surface area contributed by atoms with Gasteiger partial charge in [-0.3, -0.25) is 9.59 Å². The molecule has 0 aromatic carbocycles. The molecule has 30 heavy (non-hydrogen) atoms. The van der Waals surface area contributed by atoms with E-state index in [1.165, 1.54) is 4.90 Å². The number of ketones is 1. The van der Waals surface area contributed by atoms with Crippen molar-refractivity contribution in [1.82, 2.24) is 15.5 Å². The second-order valence-corrected chi connectivity index (χ2v) is 10.4. The number of carbonyl (C=O) groups is 3. The topological polar surface area (TPSA) is 159 Å². The molecule has 10 nitrogen and oxygen atoms in total. The van der Waals surface area contributed by atoms with Crippen molar-refractivity contribution >= 4 is 27.7 Å². The van der Waals surface area contributed by atoms with Crippen LogP contribution >= 0.6 is 0 Å². The Hall–Kier alpha value is -1.98. The van der Waals surface area contributed by atoms with E-state index in [2.05, 4.69) is 10.6 Å². The van der Waals surface area contributed by atoms with Crippen LogP contribution < -0.4 is 15.8 Å². The van der Waals surface area contributed by atoms with Crippen LogP contribution in [0.3, 0.4) is 0 Å². The van der Waals surface area contributed by atoms with E-state index in [0.29, 0.717) is 6.54 Å². The summed E-state index contributed by atoms with van der Waals surface area (Å²) < 4.78 is 22.5. The largest absolute Gasteiger partial charge is 0.396 e. The van der Waals surface area contributed by atoms with E-state index >= 15 is 0 Å². The second kappa shape index (κ2) is 8.27. The number of nitrogens with one attached hydrogen (secondary N) is 2. The summed E-state index contributed by atoms with van der Waals surface area (Å²) in [5.74, 6) is -1.54. The Bertz CT molecular complexity index is 853. The van der Waals surface area contributed by atoms with Gasteiger partial charge >= 0.3 is 6.03 Å². The number of aliphatic hydroxyl groups excluding tert-OH is 1. The third kappa shape index (κ3) is 4.23. The highest BCUT2D eigenvalue weighted by Crippen LogP contribution is 2.55. The monoisotopic (exact) mass is 442 g/mol. The van der Waals surface area contributed by atoms with Gasteiger partial charge in [0, 0.05) is 26.1 Å². The highest BCUT2D eigenvalue weighted by molar-refractivity contribution is 7.91. The van der Waals surface area contributed by atoms with E-state index in [1.54, 1.807) is 7.05 Å². The average Bonchev–Trinajstić information content (AvgIpc) is 3.57. The van der Waals surface area contributed by atoms with Gasteiger partial charge < -0.3 is 20.6 Å². The maximum atomic E-state index is 13.3. The molecule has 0 saturated heterocycles. The first-order chi connectivity index (χ1) is 14.1. The number of nitrogens with zero attached hydrogens (tertiary/aromatic N) is 1. The Labute approximate surface area is 176 Å². The molecule has 3 aliphatic rings. The molecular weight excluding hydrogens is 412 g/mol. The molecule has 0 aromatic heterocycles. The molecule has 3 rings (SSSR count). The van der Waals surface area contributed by atoms with Crippen LogP contribution in [0.5, 0.6) is 0 Å². The molecular formula is C19H30N4O6S. The van der Waals surface area contributed by atoms with E-state index in [0.717, 1.165) is 19.3 Å². The fourth-order valence-corrected chi connectivity index (χ4v) is 5.19. The Morgan fingerprint density at radius 3 is 2.63 bits per heavy atom. The molecule has 168 valence electrons. The maximum Gasteiger partial charge on any atom is 0.317 e. The van der Waals surface area contributed by atoms with Crippen LogP contribution in [-0.2, 0) is 19.6 Å². The van der Waals surface area contributed by atoms with E-state index in [1.807, 2.05) is 12.2 Å². The lowest BCUT2D eigenvalue weighted by Crippen LogP contribution is -2.58. The van der Waals surface area contributed by atoms with Crippen molar-refractivity contribution in [3.05, 3.63) is 12.2 Å². The smallest absolute Gasteiger partial charge is 0.317 e. The summed E-state index contributed by atoms with van der Waals surface area (Å²) in [6, 6.07) is -1.50. The number of Topliss-reactive ketones (excluding diaryl/α,β-unsaturated/α-hetero) is 1. The summed E-state index contributed by atoms with van der Waals surface area (Å²) in [5.41, 5.74) is -1.36. The SMILES string of the molecule is CN1CCCCC=CC2CC2(C(=O)C2(S(N)(=O)=O)CC2)NC(=O)C(CCO)NC1=O. The zero-order valence-corrected chi connectivity index (χ0v) is 17.9. The van der Waals surface area contributed by atoms with Crippen molar-refractivity contribution in [3.8, 4) is 0 Å². The van der Waals surface area contributed by atoms with Crippen molar-refractivity contribution in [2.45, 2.75) is 61.3 Å². The number of rotatable bonds is 5. The number of hydrogen-bond acceptors (Lipinski definition) is 6. The van der Waals surface area contributed by atoms with Crippen LogP contribution in [0.1, 0.15) is 44.9 Å². The fourth-order valence-electron chi connectivity index (χ4n) is 4.08. The van der Waals surface area contributed by atoms with Gasteiger partial charge in [0.15, 0.2) is 5.78 Å². The van der Waals surface area contributed by atoms with Gasteiger partial charge in [-0.05, 0) is 44.9 Å². The molecule has 2 aliphatic carbocycles. The lowest BCUT2D eigenvalue weighted by Gasteiger charge is -2.27. The van der Waals surface area contributed by atoms with E-state index in [9.17, 15) is 27.9 Å². The summed E-state index contributed by atoms with van der Waals surface area (Å²) in [4.78, 5) is 40.1. The normalized spacial score (nSPS) is 31.8. The van der Waals surface area contributed by atoms with Crippen molar-refractivity contribution < 1.29 is 27.9 Å². The number of allylic oxidation sites excluding steroid dienone is 1. The van der Waals surface area contributed by atoms with Crippen molar-refractivity contribution in [3.63, 3.8) is 0 Å². The Morgan fingerprint density at radius 1 is 1.33 bits per heavy atom. The fraction of sp³-hybridized carbons (Fsp3) is 0.737. The molecule has 1 aliphatic heterocycles. The number of fused-ring (bicyclic) bond motifs is 1. The van der Waals surface area contributed by atoms with Gasteiger partial charge in [0.05, 0.1) is 0 Å². The molecule has 2 fully saturated rings. The van der Waals surface area contributed by atoms with Crippen LogP contribution in [0.2, 0.25) is 0 Å². The van der Waals surface area contributed by atoms with Gasteiger partial charge in [0.2, 0.25) is 15.9 Å². The number of nitrogens with two attached hydrogens (primary N) is 1. The van der Waals surface area contributed by atoms with E-state index in [4.69, 9.17) is 5.14 Å². The minimum absolute atomic E-state index is 0.0312. The molecule has 0 bridgehead atoms. The number of amides is 3. The molecule has 3 atom stereocenters. The summed E-state index contributed by atoms with van der Waals surface area (Å²) in [6.45, 7) is 0.184. The number of sulfonamides is 1. The summed E-state index contributed by atoms with van der Waals surface area (Å²) in [5, 5.41) is 20.0. The number of carbonyl (C=O) groups excluding carboxylic acids is 3. The molecule has 1 heterocycles. The molecule has 2 saturated carbocycles. The van der Waals surface area contributed by atoms with Gasteiger partial charge in [0.1, 0.15) is 16.3 Å². The highest BCUT2D eigenvalue weighted by Gasteiger charge is 2.71. The van der Waals surface area contributed by atoms with Gasteiger partial charge in [0.25, 0.3) is 0 Å². The van der Waals surface area contributed by atoms with Gasteiger partial charge in [-0.15, -0.1) is 0 Å². The highest BCUT2D eigenvalue weighted by atomic mass is 32.2. The Morgan fingerprint density at radius 2 is 2.03 bits per heavy atom. The van der Waals surface area contributed by atoms with Crippen LogP contribution in [0.25, 0.3) is 0 Å².